The molecule has 59 heavy (non-hydrogen) atoms. The van der Waals surface area contributed by atoms with E-state index in [1.165, 1.54) is 0 Å². The second-order valence-corrected chi connectivity index (χ2v) is 22.9. The summed E-state index contributed by atoms with van der Waals surface area (Å²) in [6.45, 7) is 23.5. The SMILES string of the molecule is CC(C)C1=C2[C@H]3CC[C@@H]4[C@@]5(C)CC[C@H](OC(=O)[C@H]6C[C@@H](C(=O)O)C6(C)C)C(C)(C)C5CC[C@@]4(C)[C@]3(C)CC[C@@]2(NC(=O)C(C)(C)NC(=O)Cc2ccc(Cl)cc2)CC1=O. The number of ether oxygens (including phenoxy) is 1. The van der Waals surface area contributed by atoms with Crippen molar-refractivity contribution < 1.29 is 33.8 Å². The van der Waals surface area contributed by atoms with Crippen molar-refractivity contribution in [1.82, 2.24) is 10.6 Å². The molecule has 5 saturated carbocycles. The number of ketones is 1. The van der Waals surface area contributed by atoms with E-state index in [1.807, 2.05) is 26.0 Å². The van der Waals surface area contributed by atoms with Crippen molar-refractivity contribution in [3.63, 3.8) is 0 Å². The van der Waals surface area contributed by atoms with Crippen molar-refractivity contribution in [2.24, 2.45) is 62.6 Å². The van der Waals surface area contributed by atoms with Crippen LogP contribution >= 0.6 is 11.6 Å². The Hall–Kier alpha value is -3.20. The minimum Gasteiger partial charge on any atom is -0.481 e. The number of carboxylic acids is 1. The monoisotopic (exact) mass is 832 g/mol. The van der Waals surface area contributed by atoms with Crippen molar-refractivity contribution in [2.45, 2.75) is 164 Å². The largest absolute Gasteiger partial charge is 0.481 e. The molecule has 6 aliphatic carbocycles. The van der Waals surface area contributed by atoms with Gasteiger partial charge in [-0.25, -0.2) is 0 Å². The van der Waals surface area contributed by atoms with Crippen LogP contribution in [-0.4, -0.2) is 51.8 Å². The number of Topliss-reactive ketones (excluding diaryl/α,β-unsaturated/α-hetero) is 1. The summed E-state index contributed by atoms with van der Waals surface area (Å²) in [4.78, 5) is 67.2. The quantitative estimate of drug-likeness (QED) is 0.211. The second kappa shape index (κ2) is 14.4. The van der Waals surface area contributed by atoms with Gasteiger partial charge in [0, 0.05) is 16.9 Å². The van der Waals surface area contributed by atoms with Crippen LogP contribution in [0.3, 0.4) is 0 Å². The van der Waals surface area contributed by atoms with Crippen LogP contribution in [0.1, 0.15) is 146 Å². The van der Waals surface area contributed by atoms with E-state index in [1.54, 1.807) is 26.0 Å². The number of hydrogen-bond donors (Lipinski definition) is 3. The van der Waals surface area contributed by atoms with E-state index in [0.29, 0.717) is 29.7 Å². The molecule has 0 saturated heterocycles. The van der Waals surface area contributed by atoms with E-state index < -0.39 is 34.3 Å². The van der Waals surface area contributed by atoms with E-state index in [-0.39, 0.29) is 76.0 Å². The van der Waals surface area contributed by atoms with Crippen LogP contribution in [0, 0.1) is 62.6 Å². The van der Waals surface area contributed by atoms with Gasteiger partial charge in [-0.1, -0.05) is 86.0 Å². The van der Waals surface area contributed by atoms with Gasteiger partial charge in [0.05, 0.1) is 23.8 Å². The van der Waals surface area contributed by atoms with Crippen LogP contribution in [-0.2, 0) is 35.1 Å². The number of amides is 2. The summed E-state index contributed by atoms with van der Waals surface area (Å²) in [6.07, 6.45) is 7.81. The van der Waals surface area contributed by atoms with Gasteiger partial charge in [0.2, 0.25) is 11.8 Å². The van der Waals surface area contributed by atoms with Crippen molar-refractivity contribution in [1.29, 1.82) is 0 Å². The minimum absolute atomic E-state index is 0.0174. The lowest BCUT2D eigenvalue weighted by Crippen LogP contribution is -2.68. The average molecular weight is 834 g/mol. The average Bonchev–Trinajstić information content (AvgIpc) is 3.41. The molecule has 2 amide bonds. The third kappa shape index (κ3) is 6.72. The van der Waals surface area contributed by atoms with Crippen LogP contribution < -0.4 is 10.6 Å². The molecule has 0 heterocycles. The predicted molar refractivity (Wildman–Crippen MR) is 228 cm³/mol. The fourth-order valence-corrected chi connectivity index (χ4v) is 14.6. The van der Waals surface area contributed by atoms with Gasteiger partial charge in [0.1, 0.15) is 11.6 Å². The molecule has 0 spiro atoms. The van der Waals surface area contributed by atoms with Crippen LogP contribution in [0.4, 0.5) is 0 Å². The Labute approximate surface area is 357 Å². The van der Waals surface area contributed by atoms with E-state index in [9.17, 15) is 29.1 Å². The third-order valence-electron chi connectivity index (χ3n) is 18.1. The number of carbonyl (C=O) groups is 5. The number of carbonyl (C=O) groups excluding carboxylic acids is 4. The van der Waals surface area contributed by atoms with E-state index in [2.05, 4.69) is 59.1 Å². The molecule has 10 heteroatoms. The van der Waals surface area contributed by atoms with Gasteiger partial charge in [0.15, 0.2) is 5.78 Å². The van der Waals surface area contributed by atoms with Gasteiger partial charge in [-0.15, -0.1) is 0 Å². The van der Waals surface area contributed by atoms with Crippen LogP contribution in [0.5, 0.6) is 0 Å². The smallest absolute Gasteiger partial charge is 0.309 e. The number of fused-ring (bicyclic) bond motifs is 7. The lowest BCUT2D eigenvalue weighted by molar-refractivity contribution is -0.235. The number of benzene rings is 1. The molecular weight excluding hydrogens is 764 g/mol. The molecule has 324 valence electrons. The lowest BCUT2D eigenvalue weighted by Gasteiger charge is -2.72. The molecule has 1 aromatic rings. The highest BCUT2D eigenvalue weighted by Gasteiger charge is 2.71. The zero-order valence-corrected chi connectivity index (χ0v) is 38.2. The van der Waals surface area contributed by atoms with Gasteiger partial charge in [-0.05, 0) is 146 Å². The Bertz CT molecular complexity index is 1970. The maximum absolute atomic E-state index is 14.4. The molecule has 0 aliphatic heterocycles. The Kier molecular flexibility index (Phi) is 10.7. The zero-order valence-electron chi connectivity index (χ0n) is 37.4. The first-order valence-electron chi connectivity index (χ1n) is 22.3. The predicted octanol–water partition coefficient (Wildman–Crippen LogP) is 9.29. The molecule has 7 rings (SSSR count). The van der Waals surface area contributed by atoms with Gasteiger partial charge >= 0.3 is 11.9 Å². The number of esters is 1. The highest BCUT2D eigenvalue weighted by atomic mass is 35.5. The molecule has 0 aromatic heterocycles. The molecule has 6 aliphatic rings. The summed E-state index contributed by atoms with van der Waals surface area (Å²) in [6, 6.07) is 7.12. The van der Waals surface area contributed by atoms with Gasteiger partial charge in [-0.3, -0.25) is 24.0 Å². The molecule has 0 bridgehead atoms. The lowest BCUT2D eigenvalue weighted by atomic mass is 9.33. The third-order valence-corrected chi connectivity index (χ3v) is 18.4. The molecule has 3 N–H and O–H groups in total. The fraction of sp³-hybridized carbons (Fsp3) is 0.735. The van der Waals surface area contributed by atoms with E-state index >= 15 is 0 Å². The molecule has 1 unspecified atom stereocenters. The number of aliphatic carboxylic acids is 1. The van der Waals surface area contributed by atoms with Crippen molar-refractivity contribution in [3.8, 4) is 0 Å². The molecule has 9 nitrogen and oxygen atoms in total. The number of nitrogens with one attached hydrogen (secondary N) is 2. The van der Waals surface area contributed by atoms with Gasteiger partial charge < -0.3 is 20.5 Å². The van der Waals surface area contributed by atoms with Gasteiger partial charge in [0.25, 0.3) is 0 Å². The zero-order chi connectivity index (χ0) is 43.5. The van der Waals surface area contributed by atoms with E-state index in [4.69, 9.17) is 16.3 Å². The molecule has 5 fully saturated rings. The maximum Gasteiger partial charge on any atom is 0.309 e. The number of hydrogen-bond acceptors (Lipinski definition) is 6. The highest BCUT2D eigenvalue weighted by molar-refractivity contribution is 6.30. The molecule has 10 atom stereocenters. The first-order chi connectivity index (χ1) is 27.2. The molecule has 1 aromatic carbocycles. The normalized spacial score (nSPS) is 38.2. The summed E-state index contributed by atoms with van der Waals surface area (Å²) in [5, 5.41) is 16.7. The van der Waals surface area contributed by atoms with Crippen molar-refractivity contribution >= 4 is 41.1 Å². The summed E-state index contributed by atoms with van der Waals surface area (Å²) in [5.74, 6) is -1.50. The number of carboxylic acid groups (broad SMARTS) is 1. The van der Waals surface area contributed by atoms with Crippen LogP contribution in [0.25, 0.3) is 0 Å². The van der Waals surface area contributed by atoms with Crippen LogP contribution in [0.2, 0.25) is 5.02 Å². The Morgan fingerprint density at radius 1 is 0.847 bits per heavy atom. The first kappa shape index (κ1) is 43.9. The van der Waals surface area contributed by atoms with Crippen molar-refractivity contribution in [3.05, 3.63) is 46.0 Å². The summed E-state index contributed by atoms with van der Waals surface area (Å²) >= 11 is 6.05. The topological polar surface area (TPSA) is 139 Å². The standard InChI is InChI=1S/C49H69ClN2O7/c1-27(2)38-33(53)26-49(52-42(58)45(7,8)51-37(54)24-28-12-14-29(50)15-13-28)23-22-47(10)30(39(38)49)16-17-35-46(9)20-19-36(44(5,6)34(46)18-21-48(35,47)11)59-41(57)32-25-31(40(55)56)43(32,3)4/h12-15,27,30-32,34-36H,16-26H2,1-11H3,(H,51,54)(H,52,58)(H,55,56)/t30-,31+,32-,34?,35-,36+,46+,47-,48-,49-/m1/s1. The number of rotatable bonds is 9. The van der Waals surface area contributed by atoms with Crippen molar-refractivity contribution in [2.75, 3.05) is 0 Å². The maximum atomic E-state index is 14.4. The summed E-state index contributed by atoms with van der Waals surface area (Å²) in [5.41, 5.74) is -0.140. The molecule has 0 radical (unpaired) electrons. The Morgan fingerprint density at radius 3 is 2.12 bits per heavy atom. The Balaban J connectivity index is 1.12. The number of allylic oxidation sites excluding steroid dienone is 1. The fourth-order valence-electron chi connectivity index (χ4n) is 14.5. The Morgan fingerprint density at radius 2 is 1.51 bits per heavy atom. The van der Waals surface area contributed by atoms with E-state index in [0.717, 1.165) is 61.7 Å². The second-order valence-electron chi connectivity index (χ2n) is 22.5. The van der Waals surface area contributed by atoms with Gasteiger partial charge in [-0.2, -0.15) is 0 Å². The molecular formula is C49H69ClN2O7. The number of halogens is 1. The summed E-state index contributed by atoms with van der Waals surface area (Å²) in [7, 11) is 0. The summed E-state index contributed by atoms with van der Waals surface area (Å²) < 4.78 is 6.41. The first-order valence-corrected chi connectivity index (χ1v) is 22.7. The van der Waals surface area contributed by atoms with Crippen LogP contribution in [0.15, 0.2) is 35.4 Å². The highest BCUT2D eigenvalue weighted by Crippen LogP contribution is 2.76. The minimum atomic E-state index is -1.21.